The molecule has 3 aromatic carbocycles. The van der Waals surface area contributed by atoms with Gasteiger partial charge in [0.1, 0.15) is 16.7 Å². The third kappa shape index (κ3) is 6.83. The molecule has 4 aromatic rings. The number of benzene rings is 3. The number of ether oxygens (including phenoxy) is 2. The summed E-state index contributed by atoms with van der Waals surface area (Å²) in [4.78, 5) is 32.3. The van der Waals surface area contributed by atoms with E-state index in [2.05, 4.69) is 34.1 Å². The van der Waals surface area contributed by atoms with E-state index in [0.717, 1.165) is 71.8 Å². The van der Waals surface area contributed by atoms with E-state index >= 15 is 0 Å². The van der Waals surface area contributed by atoms with Crippen LogP contribution in [0, 0.1) is 0 Å². The summed E-state index contributed by atoms with van der Waals surface area (Å²) in [5, 5.41) is 10.3. The number of H-pyrrole nitrogens is 1. The maximum Gasteiger partial charge on any atom is 0.335 e. The van der Waals surface area contributed by atoms with Gasteiger partial charge in [0.05, 0.1) is 23.7 Å². The van der Waals surface area contributed by atoms with E-state index in [1.54, 1.807) is 29.2 Å². The molecule has 0 radical (unpaired) electrons. The van der Waals surface area contributed by atoms with E-state index < -0.39 is 5.97 Å². The summed E-state index contributed by atoms with van der Waals surface area (Å²) >= 11 is 6.85. The number of nitrogens with zero attached hydrogens (tertiary/aromatic N) is 2. The minimum Gasteiger partial charge on any atom is -0.492 e. The van der Waals surface area contributed by atoms with Gasteiger partial charge in [-0.25, -0.2) is 4.79 Å². The SMILES string of the molecule is O=C(O)c1ccc(CCN2C(=O)/C(=C/c3ccc(OCCN4CCOCC4)c(-c4ccc5cc[nH]c5c4)c3)SC2=S)cc1. The van der Waals surface area contributed by atoms with Crippen LogP contribution in [0.3, 0.4) is 0 Å². The summed E-state index contributed by atoms with van der Waals surface area (Å²) < 4.78 is 12.3. The zero-order valence-electron chi connectivity index (χ0n) is 23.5. The Morgan fingerprint density at radius 3 is 2.65 bits per heavy atom. The van der Waals surface area contributed by atoms with Gasteiger partial charge < -0.3 is 19.6 Å². The summed E-state index contributed by atoms with van der Waals surface area (Å²) in [6.45, 7) is 5.14. The predicted octanol–water partition coefficient (Wildman–Crippen LogP) is 5.69. The Labute approximate surface area is 259 Å². The Bertz CT molecular complexity index is 1690. The Hall–Kier alpha value is -3.96. The number of amides is 1. The highest BCUT2D eigenvalue weighted by Gasteiger charge is 2.31. The molecule has 10 heteroatoms. The Kier molecular flexibility index (Phi) is 8.90. The molecular weight excluding hydrogens is 583 g/mol. The number of carbonyl (C=O) groups excluding carboxylic acids is 1. The number of carbonyl (C=O) groups is 2. The number of thiocarbonyl (C=S) groups is 1. The summed E-state index contributed by atoms with van der Waals surface area (Å²) in [5.41, 5.74) is 5.07. The largest absolute Gasteiger partial charge is 0.492 e. The minimum absolute atomic E-state index is 0.127. The molecule has 3 heterocycles. The van der Waals surface area contributed by atoms with Crippen LogP contribution in [0.25, 0.3) is 28.1 Å². The second-order valence-corrected chi connectivity index (χ2v) is 12.1. The molecule has 0 saturated carbocycles. The normalized spacial score (nSPS) is 16.8. The van der Waals surface area contributed by atoms with Gasteiger partial charge >= 0.3 is 5.97 Å². The lowest BCUT2D eigenvalue weighted by Crippen LogP contribution is -2.38. The highest BCUT2D eigenvalue weighted by Crippen LogP contribution is 2.36. The monoisotopic (exact) mass is 613 g/mol. The van der Waals surface area contributed by atoms with Crippen molar-refractivity contribution in [3.63, 3.8) is 0 Å². The molecule has 43 heavy (non-hydrogen) atoms. The van der Waals surface area contributed by atoms with Gasteiger partial charge in [-0.05, 0) is 71.0 Å². The predicted molar refractivity (Wildman–Crippen MR) is 173 cm³/mol. The van der Waals surface area contributed by atoms with Gasteiger partial charge in [0.2, 0.25) is 0 Å². The number of nitrogens with one attached hydrogen (secondary N) is 1. The maximum atomic E-state index is 13.3. The van der Waals surface area contributed by atoms with Gasteiger partial charge in [0, 0.05) is 43.5 Å². The fourth-order valence-electron chi connectivity index (χ4n) is 5.21. The number of fused-ring (bicyclic) bond motifs is 1. The first-order valence-electron chi connectivity index (χ1n) is 14.2. The lowest BCUT2D eigenvalue weighted by Gasteiger charge is -2.26. The fourth-order valence-corrected chi connectivity index (χ4v) is 6.52. The highest BCUT2D eigenvalue weighted by atomic mass is 32.2. The average Bonchev–Trinajstić information content (AvgIpc) is 3.60. The molecule has 2 saturated heterocycles. The fraction of sp³-hybridized carbons (Fsp3) is 0.242. The number of morpholine rings is 1. The van der Waals surface area contributed by atoms with E-state index in [4.69, 9.17) is 26.8 Å². The minimum atomic E-state index is -0.964. The van der Waals surface area contributed by atoms with Crippen molar-refractivity contribution in [2.75, 3.05) is 46.0 Å². The van der Waals surface area contributed by atoms with Crippen molar-refractivity contribution in [2.45, 2.75) is 6.42 Å². The zero-order valence-corrected chi connectivity index (χ0v) is 25.1. The smallest absolute Gasteiger partial charge is 0.335 e. The molecule has 1 aromatic heterocycles. The third-order valence-corrected chi connectivity index (χ3v) is 9.01. The van der Waals surface area contributed by atoms with Crippen LogP contribution in [-0.2, 0) is 16.0 Å². The van der Waals surface area contributed by atoms with Crippen LogP contribution in [-0.4, -0.2) is 82.1 Å². The van der Waals surface area contributed by atoms with Crippen molar-refractivity contribution >= 4 is 57.2 Å². The van der Waals surface area contributed by atoms with Gasteiger partial charge in [-0.3, -0.25) is 14.6 Å². The van der Waals surface area contributed by atoms with Gasteiger partial charge in [-0.15, -0.1) is 0 Å². The molecule has 0 atom stereocenters. The zero-order chi connectivity index (χ0) is 29.8. The number of aromatic amines is 1. The molecule has 0 bridgehead atoms. The van der Waals surface area contributed by atoms with Crippen LogP contribution in [0.4, 0.5) is 0 Å². The van der Waals surface area contributed by atoms with Crippen LogP contribution in [0.5, 0.6) is 5.75 Å². The number of hydrogen-bond donors (Lipinski definition) is 2. The summed E-state index contributed by atoms with van der Waals surface area (Å²) in [7, 11) is 0. The van der Waals surface area contributed by atoms with E-state index in [-0.39, 0.29) is 11.5 Å². The molecule has 2 aliphatic rings. The molecule has 0 aliphatic carbocycles. The van der Waals surface area contributed by atoms with Crippen LogP contribution in [0.15, 0.2) is 77.8 Å². The molecule has 2 N–H and O–H groups in total. The lowest BCUT2D eigenvalue weighted by molar-refractivity contribution is -0.122. The average molecular weight is 614 g/mol. The second-order valence-electron chi connectivity index (χ2n) is 10.4. The summed E-state index contributed by atoms with van der Waals surface area (Å²) in [6.07, 6.45) is 4.38. The van der Waals surface area contributed by atoms with Gasteiger partial charge in [0.15, 0.2) is 0 Å². The van der Waals surface area contributed by atoms with Gasteiger partial charge in [0.25, 0.3) is 5.91 Å². The van der Waals surface area contributed by atoms with Crippen molar-refractivity contribution in [2.24, 2.45) is 0 Å². The highest BCUT2D eigenvalue weighted by molar-refractivity contribution is 8.26. The quantitative estimate of drug-likeness (QED) is 0.174. The van der Waals surface area contributed by atoms with Gasteiger partial charge in [-0.2, -0.15) is 0 Å². The number of aromatic nitrogens is 1. The van der Waals surface area contributed by atoms with Crippen molar-refractivity contribution in [3.8, 4) is 16.9 Å². The van der Waals surface area contributed by atoms with Crippen molar-refractivity contribution in [3.05, 3.63) is 94.5 Å². The molecular formula is C33H31N3O5S2. The molecule has 2 fully saturated rings. The number of carboxylic acid groups (broad SMARTS) is 1. The summed E-state index contributed by atoms with van der Waals surface area (Å²) in [6, 6.07) is 21.0. The first-order chi connectivity index (χ1) is 20.9. The number of carboxylic acids is 1. The second kappa shape index (κ2) is 13.1. The first kappa shape index (κ1) is 29.1. The topological polar surface area (TPSA) is 95.1 Å². The van der Waals surface area contributed by atoms with Crippen LogP contribution in [0.1, 0.15) is 21.5 Å². The standard InChI is InChI=1S/C33H31N3O5S2/c37-31-30(43-33(42)36(31)12-10-22-1-4-25(5-2-22)32(38)39)20-23-3-8-29(41-18-15-35-13-16-40-17-14-35)27(19-23)26-7-6-24-9-11-34-28(24)21-26/h1-9,11,19-21,34H,10,12-18H2,(H,38,39)/b30-20-. The first-order valence-corrected chi connectivity index (χ1v) is 15.4. The maximum absolute atomic E-state index is 13.3. The van der Waals surface area contributed by atoms with Gasteiger partial charge in [-0.1, -0.05) is 54.3 Å². The van der Waals surface area contributed by atoms with Crippen LogP contribution >= 0.6 is 24.0 Å². The van der Waals surface area contributed by atoms with E-state index in [1.165, 1.54) is 11.8 Å². The van der Waals surface area contributed by atoms with Crippen LogP contribution < -0.4 is 4.74 Å². The Morgan fingerprint density at radius 1 is 1.05 bits per heavy atom. The molecule has 0 unspecified atom stereocenters. The molecule has 6 rings (SSSR count). The lowest BCUT2D eigenvalue weighted by atomic mass is 10.0. The number of hydrogen-bond acceptors (Lipinski definition) is 7. The van der Waals surface area contributed by atoms with E-state index in [0.29, 0.717) is 28.8 Å². The molecule has 8 nitrogen and oxygen atoms in total. The third-order valence-electron chi connectivity index (χ3n) is 7.63. The number of thioether (sulfide) groups is 1. The molecule has 220 valence electrons. The summed E-state index contributed by atoms with van der Waals surface area (Å²) in [5.74, 6) is -0.302. The number of aromatic carboxylic acids is 1. The molecule has 2 aliphatic heterocycles. The van der Waals surface area contributed by atoms with E-state index in [9.17, 15) is 9.59 Å². The van der Waals surface area contributed by atoms with Crippen molar-refractivity contribution < 1.29 is 24.2 Å². The van der Waals surface area contributed by atoms with Crippen molar-refractivity contribution in [1.82, 2.24) is 14.8 Å². The van der Waals surface area contributed by atoms with Crippen LogP contribution in [0.2, 0.25) is 0 Å². The molecule has 0 spiro atoms. The Morgan fingerprint density at radius 2 is 1.86 bits per heavy atom. The number of rotatable bonds is 10. The molecule has 1 amide bonds. The van der Waals surface area contributed by atoms with Crippen molar-refractivity contribution in [1.29, 1.82) is 0 Å². The van der Waals surface area contributed by atoms with E-state index in [1.807, 2.05) is 30.5 Å². The Balaban J connectivity index is 1.20.